The van der Waals surface area contributed by atoms with Gasteiger partial charge in [-0.15, -0.1) is 0 Å². The van der Waals surface area contributed by atoms with Crippen LogP contribution >= 0.6 is 0 Å². The molecule has 3 nitrogen and oxygen atoms in total. The maximum absolute atomic E-state index is 12.0. The number of hydrogen-bond acceptors (Lipinski definition) is 3. The maximum Gasteiger partial charge on any atom is 0.154 e. The van der Waals surface area contributed by atoms with Crippen LogP contribution in [0.4, 0.5) is 0 Å². The number of hydrogen-bond donors (Lipinski definition) is 1. The molecule has 1 atom stereocenters. The molecule has 4 heteroatoms. The van der Waals surface area contributed by atoms with Crippen molar-refractivity contribution in [3.05, 3.63) is 47.5 Å². The number of benzene rings is 2. The van der Waals surface area contributed by atoms with Gasteiger partial charge in [0.1, 0.15) is 0 Å². The van der Waals surface area contributed by atoms with Crippen molar-refractivity contribution in [3.8, 4) is 0 Å². The molecule has 0 amide bonds. The summed E-state index contributed by atoms with van der Waals surface area (Å²) in [7, 11) is -3.25. The van der Waals surface area contributed by atoms with Crippen molar-refractivity contribution in [1.29, 1.82) is 0 Å². The molecule has 0 saturated heterocycles. The van der Waals surface area contributed by atoms with Gasteiger partial charge in [-0.25, -0.2) is 8.42 Å². The first kappa shape index (κ1) is 15.0. The van der Waals surface area contributed by atoms with Gasteiger partial charge in [-0.05, 0) is 42.7 Å². The lowest BCUT2D eigenvalue weighted by Gasteiger charge is -2.31. The first-order valence-electron chi connectivity index (χ1n) is 6.59. The molecule has 108 valence electrons. The number of aryl methyl sites for hydroxylation is 1. The summed E-state index contributed by atoms with van der Waals surface area (Å²) < 4.78 is 23.0. The van der Waals surface area contributed by atoms with E-state index in [0.717, 1.165) is 21.9 Å². The topological polar surface area (TPSA) is 60.2 Å². The Labute approximate surface area is 120 Å². The molecule has 2 aromatic carbocycles. The van der Waals surface area contributed by atoms with Crippen molar-refractivity contribution in [2.45, 2.75) is 31.6 Å². The second-order valence-electron chi connectivity index (χ2n) is 5.87. The van der Waals surface area contributed by atoms with Gasteiger partial charge in [0, 0.05) is 12.3 Å². The maximum atomic E-state index is 12.0. The Morgan fingerprint density at radius 2 is 1.60 bits per heavy atom. The monoisotopic (exact) mass is 291 g/mol. The van der Waals surface area contributed by atoms with Gasteiger partial charge in [-0.1, -0.05) is 36.4 Å². The number of nitrogens with two attached hydrogens (primary N) is 1. The molecule has 0 aliphatic rings. The minimum absolute atomic E-state index is 0.567. The van der Waals surface area contributed by atoms with Crippen molar-refractivity contribution in [2.75, 3.05) is 6.26 Å². The van der Waals surface area contributed by atoms with Crippen LogP contribution in [0, 0.1) is 6.92 Å². The third-order valence-corrected chi connectivity index (χ3v) is 6.38. The smallest absolute Gasteiger partial charge is 0.154 e. The van der Waals surface area contributed by atoms with Gasteiger partial charge in [0.25, 0.3) is 0 Å². The molecule has 0 bridgehead atoms. The molecule has 0 aliphatic carbocycles. The summed E-state index contributed by atoms with van der Waals surface area (Å²) in [6.07, 6.45) is 1.24. The van der Waals surface area contributed by atoms with Gasteiger partial charge in [0.05, 0.1) is 4.75 Å². The highest BCUT2D eigenvalue weighted by atomic mass is 32.2. The molecule has 20 heavy (non-hydrogen) atoms. The van der Waals surface area contributed by atoms with Crippen molar-refractivity contribution < 1.29 is 8.42 Å². The Morgan fingerprint density at radius 3 is 2.15 bits per heavy atom. The Hall–Kier alpha value is -1.39. The van der Waals surface area contributed by atoms with Crippen LogP contribution in [0.15, 0.2) is 36.4 Å². The molecule has 0 spiro atoms. The fraction of sp³-hybridized carbons (Fsp3) is 0.375. The molecule has 1 unspecified atom stereocenters. The molecule has 2 rings (SSSR count). The zero-order chi connectivity index (χ0) is 15.1. The van der Waals surface area contributed by atoms with E-state index in [1.807, 2.05) is 43.3 Å². The molecule has 2 N–H and O–H groups in total. The van der Waals surface area contributed by atoms with E-state index in [4.69, 9.17) is 5.73 Å². The fourth-order valence-corrected chi connectivity index (χ4v) is 2.94. The van der Waals surface area contributed by atoms with Gasteiger partial charge >= 0.3 is 0 Å². The normalized spacial score (nSPS) is 14.4. The van der Waals surface area contributed by atoms with Crippen LogP contribution in [-0.4, -0.2) is 19.4 Å². The minimum atomic E-state index is -3.25. The lowest BCUT2D eigenvalue weighted by Crippen LogP contribution is -2.42. The molecule has 0 saturated carbocycles. The summed E-state index contributed by atoms with van der Waals surface area (Å²) in [5, 5.41) is 2.14. The van der Waals surface area contributed by atoms with E-state index < -0.39 is 20.6 Å². The average molecular weight is 291 g/mol. The van der Waals surface area contributed by atoms with Crippen molar-refractivity contribution in [2.24, 2.45) is 5.73 Å². The van der Waals surface area contributed by atoms with E-state index in [1.165, 1.54) is 6.26 Å². The van der Waals surface area contributed by atoms with Gasteiger partial charge in [-0.3, -0.25) is 0 Å². The fourth-order valence-electron chi connectivity index (χ4n) is 2.35. The van der Waals surface area contributed by atoms with Gasteiger partial charge in [0.15, 0.2) is 9.84 Å². The first-order chi connectivity index (χ1) is 9.16. The number of sulfone groups is 1. The zero-order valence-electron chi connectivity index (χ0n) is 12.3. The zero-order valence-corrected chi connectivity index (χ0v) is 13.2. The molecular formula is C16H21NO2S. The van der Waals surface area contributed by atoms with E-state index in [1.54, 1.807) is 13.8 Å². The highest BCUT2D eigenvalue weighted by Gasteiger charge is 2.38. The number of rotatable bonds is 3. The Balaban J connectivity index is 2.68. The van der Waals surface area contributed by atoms with Crippen molar-refractivity contribution >= 4 is 20.6 Å². The average Bonchev–Trinajstić information content (AvgIpc) is 2.37. The lowest BCUT2D eigenvalue weighted by atomic mass is 9.90. The molecule has 0 aromatic heterocycles. The first-order valence-corrected chi connectivity index (χ1v) is 8.49. The van der Waals surface area contributed by atoms with Crippen LogP contribution in [0.1, 0.15) is 31.0 Å². The lowest BCUT2D eigenvalue weighted by molar-refractivity contribution is 0.498. The Kier molecular flexibility index (Phi) is 3.65. The third-order valence-electron chi connectivity index (χ3n) is 4.22. The van der Waals surface area contributed by atoms with Crippen LogP contribution in [0.5, 0.6) is 0 Å². The highest BCUT2D eigenvalue weighted by molar-refractivity contribution is 7.92. The molecular weight excluding hydrogens is 270 g/mol. The largest absolute Gasteiger partial charge is 0.323 e. The van der Waals surface area contributed by atoms with Crippen LogP contribution < -0.4 is 5.73 Å². The highest BCUT2D eigenvalue weighted by Crippen LogP contribution is 2.34. The molecule has 0 heterocycles. The molecule has 0 aliphatic heterocycles. The summed E-state index contributed by atoms with van der Waals surface area (Å²) in [4.78, 5) is 0. The van der Waals surface area contributed by atoms with E-state index >= 15 is 0 Å². The van der Waals surface area contributed by atoms with Crippen LogP contribution in [0.25, 0.3) is 10.8 Å². The predicted octanol–water partition coefficient (Wildman–Crippen LogP) is 2.97. The predicted molar refractivity (Wildman–Crippen MR) is 84.5 cm³/mol. The van der Waals surface area contributed by atoms with E-state index in [-0.39, 0.29) is 0 Å². The summed E-state index contributed by atoms with van der Waals surface area (Å²) in [6.45, 7) is 5.41. The van der Waals surface area contributed by atoms with Gasteiger partial charge in [-0.2, -0.15) is 0 Å². The minimum Gasteiger partial charge on any atom is -0.323 e. The SMILES string of the molecule is Cc1ccc(C(N)C(C)(C)S(C)(=O)=O)c2ccccc12. The van der Waals surface area contributed by atoms with Crippen molar-refractivity contribution in [1.82, 2.24) is 0 Å². The Morgan fingerprint density at radius 1 is 1.05 bits per heavy atom. The summed E-state index contributed by atoms with van der Waals surface area (Å²) in [5.74, 6) is 0. The van der Waals surface area contributed by atoms with Crippen LogP contribution in [0.2, 0.25) is 0 Å². The van der Waals surface area contributed by atoms with Crippen LogP contribution in [-0.2, 0) is 9.84 Å². The summed E-state index contributed by atoms with van der Waals surface area (Å²) in [5.41, 5.74) is 8.33. The second-order valence-corrected chi connectivity index (χ2v) is 8.47. The van der Waals surface area contributed by atoms with Gasteiger partial charge in [0.2, 0.25) is 0 Å². The molecule has 2 aromatic rings. The van der Waals surface area contributed by atoms with Crippen molar-refractivity contribution in [3.63, 3.8) is 0 Å². The Bertz CT molecular complexity index is 748. The van der Waals surface area contributed by atoms with E-state index in [2.05, 4.69) is 0 Å². The molecule has 0 radical (unpaired) electrons. The second kappa shape index (κ2) is 4.86. The number of fused-ring (bicyclic) bond motifs is 1. The van der Waals surface area contributed by atoms with Gasteiger partial charge < -0.3 is 5.73 Å². The summed E-state index contributed by atoms with van der Waals surface area (Å²) >= 11 is 0. The quantitative estimate of drug-likeness (QED) is 0.945. The van der Waals surface area contributed by atoms with E-state index in [0.29, 0.717) is 0 Å². The van der Waals surface area contributed by atoms with E-state index in [9.17, 15) is 8.42 Å². The standard InChI is InChI=1S/C16H21NO2S/c1-11-9-10-14(13-8-6-5-7-12(11)13)15(17)16(2,3)20(4,18)19/h5-10,15H,17H2,1-4H3. The van der Waals surface area contributed by atoms with Crippen LogP contribution in [0.3, 0.4) is 0 Å². The molecule has 0 fully saturated rings. The summed E-state index contributed by atoms with van der Waals surface area (Å²) in [6, 6.07) is 11.3. The third kappa shape index (κ3) is 2.34.